The third-order valence-electron chi connectivity index (χ3n) is 5.00. The minimum Gasteiger partial charge on any atom is -0.462 e. The van der Waals surface area contributed by atoms with E-state index < -0.39 is 0 Å². The molecular weight excluding hydrogens is 416 g/mol. The molecule has 1 saturated carbocycles. The number of amides is 3. The normalized spacial score (nSPS) is 14.0. The summed E-state index contributed by atoms with van der Waals surface area (Å²) in [6, 6.07) is 6.58. The van der Waals surface area contributed by atoms with Crippen LogP contribution in [0, 0.1) is 0 Å². The monoisotopic (exact) mass is 444 g/mol. The molecule has 3 amide bonds. The van der Waals surface area contributed by atoms with Crippen LogP contribution in [-0.2, 0) is 16.0 Å². The topological polar surface area (TPSA) is 109 Å². The predicted octanol–water partition coefficient (Wildman–Crippen LogP) is 4.35. The van der Waals surface area contributed by atoms with Gasteiger partial charge in [-0.3, -0.25) is 10.1 Å². The Bertz CT molecular complexity index is 891. The summed E-state index contributed by atoms with van der Waals surface area (Å²) in [5, 5.41) is 10.9. The van der Waals surface area contributed by atoms with Gasteiger partial charge in [-0.05, 0) is 50.5 Å². The highest BCUT2D eigenvalue weighted by atomic mass is 32.1. The van der Waals surface area contributed by atoms with Crippen LogP contribution in [-0.4, -0.2) is 35.5 Å². The molecule has 0 saturated heterocycles. The van der Waals surface area contributed by atoms with Crippen LogP contribution in [0.15, 0.2) is 29.6 Å². The molecule has 0 radical (unpaired) electrons. The van der Waals surface area contributed by atoms with Crippen molar-refractivity contribution < 1.29 is 19.1 Å². The van der Waals surface area contributed by atoms with E-state index in [-0.39, 0.29) is 30.4 Å². The Kier molecular flexibility index (Phi) is 8.40. The highest BCUT2D eigenvalue weighted by Gasteiger charge is 2.16. The van der Waals surface area contributed by atoms with E-state index in [1.807, 2.05) is 5.38 Å². The van der Waals surface area contributed by atoms with Crippen LogP contribution in [0.2, 0.25) is 0 Å². The zero-order valence-corrected chi connectivity index (χ0v) is 18.4. The number of thiazole rings is 1. The Morgan fingerprint density at radius 2 is 1.84 bits per heavy atom. The van der Waals surface area contributed by atoms with Gasteiger partial charge < -0.3 is 15.4 Å². The first-order valence-corrected chi connectivity index (χ1v) is 11.5. The summed E-state index contributed by atoms with van der Waals surface area (Å²) in [6.45, 7) is 2.07. The number of esters is 1. The van der Waals surface area contributed by atoms with Gasteiger partial charge in [-0.15, -0.1) is 11.3 Å². The Morgan fingerprint density at radius 1 is 1.10 bits per heavy atom. The number of anilines is 2. The SMILES string of the molecule is CCOC(=O)c1ccc(NC(=O)CCc2csc(NC(=O)NC3CCCCC3)n2)cc1. The lowest BCUT2D eigenvalue weighted by Gasteiger charge is -2.22. The zero-order chi connectivity index (χ0) is 22.1. The third-order valence-corrected chi connectivity index (χ3v) is 5.81. The molecule has 0 spiro atoms. The Balaban J connectivity index is 1.41. The number of nitrogens with zero attached hydrogens (tertiary/aromatic N) is 1. The Labute approximate surface area is 185 Å². The third kappa shape index (κ3) is 7.36. The molecular formula is C22H28N4O4S. The van der Waals surface area contributed by atoms with Crippen molar-refractivity contribution in [2.75, 3.05) is 17.2 Å². The number of hydrogen-bond acceptors (Lipinski definition) is 6. The fourth-order valence-corrected chi connectivity index (χ4v) is 4.15. The summed E-state index contributed by atoms with van der Waals surface area (Å²) < 4.78 is 4.94. The van der Waals surface area contributed by atoms with E-state index in [4.69, 9.17) is 4.74 Å². The van der Waals surface area contributed by atoms with Crippen molar-refractivity contribution in [1.29, 1.82) is 0 Å². The molecule has 31 heavy (non-hydrogen) atoms. The number of hydrogen-bond donors (Lipinski definition) is 3. The molecule has 1 aromatic carbocycles. The van der Waals surface area contributed by atoms with Crippen molar-refractivity contribution in [1.82, 2.24) is 10.3 Å². The van der Waals surface area contributed by atoms with Crippen molar-refractivity contribution in [3.63, 3.8) is 0 Å². The van der Waals surface area contributed by atoms with Crippen LogP contribution in [0.3, 0.4) is 0 Å². The number of rotatable bonds is 8. The molecule has 1 fully saturated rings. The number of aromatic nitrogens is 1. The molecule has 2 aromatic rings. The molecule has 166 valence electrons. The van der Waals surface area contributed by atoms with E-state index in [1.54, 1.807) is 31.2 Å². The van der Waals surface area contributed by atoms with Crippen molar-refractivity contribution in [3.8, 4) is 0 Å². The summed E-state index contributed by atoms with van der Waals surface area (Å²) >= 11 is 1.35. The first kappa shape index (κ1) is 22.7. The van der Waals surface area contributed by atoms with Crippen molar-refractivity contribution in [2.24, 2.45) is 0 Å². The first-order valence-electron chi connectivity index (χ1n) is 10.6. The Hall–Kier alpha value is -2.94. The molecule has 8 nitrogen and oxygen atoms in total. The number of carbonyl (C=O) groups is 3. The van der Waals surface area contributed by atoms with Gasteiger partial charge in [0, 0.05) is 23.5 Å². The highest BCUT2D eigenvalue weighted by molar-refractivity contribution is 7.13. The molecule has 1 aliphatic carbocycles. The maximum Gasteiger partial charge on any atom is 0.338 e. The largest absolute Gasteiger partial charge is 0.462 e. The molecule has 9 heteroatoms. The van der Waals surface area contributed by atoms with E-state index in [2.05, 4.69) is 20.9 Å². The van der Waals surface area contributed by atoms with Crippen LogP contribution in [0.1, 0.15) is 61.5 Å². The van der Waals surface area contributed by atoms with Crippen molar-refractivity contribution in [3.05, 3.63) is 40.9 Å². The maximum atomic E-state index is 12.2. The summed E-state index contributed by atoms with van der Waals surface area (Å²) in [4.78, 5) is 40.4. The molecule has 0 bridgehead atoms. The summed E-state index contributed by atoms with van der Waals surface area (Å²) in [5.74, 6) is -0.540. The van der Waals surface area contributed by atoms with Gasteiger partial charge in [0.25, 0.3) is 0 Å². The van der Waals surface area contributed by atoms with Crippen LogP contribution < -0.4 is 16.0 Å². The van der Waals surface area contributed by atoms with Crippen molar-refractivity contribution >= 4 is 40.1 Å². The minimum absolute atomic E-state index is 0.151. The average Bonchev–Trinajstić information content (AvgIpc) is 3.21. The van der Waals surface area contributed by atoms with Gasteiger partial charge in [0.05, 0.1) is 17.9 Å². The van der Waals surface area contributed by atoms with Gasteiger partial charge in [0.1, 0.15) is 0 Å². The first-order chi connectivity index (χ1) is 15.0. The molecule has 0 unspecified atom stereocenters. The van der Waals surface area contributed by atoms with Gasteiger partial charge in [0.15, 0.2) is 5.13 Å². The lowest BCUT2D eigenvalue weighted by Crippen LogP contribution is -2.38. The number of urea groups is 1. The molecule has 3 rings (SSSR count). The second-order valence-electron chi connectivity index (χ2n) is 7.42. The quantitative estimate of drug-likeness (QED) is 0.525. The second-order valence-corrected chi connectivity index (χ2v) is 8.28. The molecule has 1 aliphatic rings. The van der Waals surface area contributed by atoms with Crippen molar-refractivity contribution in [2.45, 2.75) is 57.9 Å². The van der Waals surface area contributed by atoms with Crippen LogP contribution in [0.25, 0.3) is 0 Å². The summed E-state index contributed by atoms with van der Waals surface area (Å²) in [6.07, 6.45) is 6.33. The van der Waals surface area contributed by atoms with Gasteiger partial charge in [0.2, 0.25) is 5.91 Å². The second kappa shape index (κ2) is 11.5. The number of aryl methyl sites for hydroxylation is 1. The van der Waals surface area contributed by atoms with Gasteiger partial charge in [-0.25, -0.2) is 14.6 Å². The van der Waals surface area contributed by atoms with E-state index in [0.29, 0.717) is 29.4 Å². The van der Waals surface area contributed by atoms with Crippen LogP contribution in [0.4, 0.5) is 15.6 Å². The molecule has 3 N–H and O–H groups in total. The number of ether oxygens (including phenoxy) is 1. The van der Waals surface area contributed by atoms with Crippen LogP contribution >= 0.6 is 11.3 Å². The maximum absolute atomic E-state index is 12.2. The van der Waals surface area contributed by atoms with Crippen LogP contribution in [0.5, 0.6) is 0 Å². The molecule has 0 atom stereocenters. The van der Waals surface area contributed by atoms with Gasteiger partial charge in [-0.1, -0.05) is 19.3 Å². The minimum atomic E-state index is -0.388. The summed E-state index contributed by atoms with van der Waals surface area (Å²) in [5.41, 5.74) is 1.80. The van der Waals surface area contributed by atoms with E-state index in [0.717, 1.165) is 31.4 Å². The lowest BCUT2D eigenvalue weighted by atomic mass is 9.96. The van der Waals surface area contributed by atoms with Gasteiger partial charge >= 0.3 is 12.0 Å². The van der Waals surface area contributed by atoms with E-state index in [9.17, 15) is 14.4 Å². The standard InChI is InChI=1S/C22H28N4O4S/c1-2-30-20(28)15-8-10-17(11-9-15)23-19(27)13-12-18-14-31-22(25-18)26-21(29)24-16-6-4-3-5-7-16/h8-11,14,16H,2-7,12-13H2,1H3,(H,23,27)(H2,24,25,26,29). The number of benzene rings is 1. The van der Waals surface area contributed by atoms with E-state index >= 15 is 0 Å². The predicted molar refractivity (Wildman–Crippen MR) is 120 cm³/mol. The lowest BCUT2D eigenvalue weighted by molar-refractivity contribution is -0.116. The molecule has 1 heterocycles. The average molecular weight is 445 g/mol. The highest BCUT2D eigenvalue weighted by Crippen LogP contribution is 2.19. The fourth-order valence-electron chi connectivity index (χ4n) is 3.41. The fraction of sp³-hybridized carbons (Fsp3) is 0.455. The summed E-state index contributed by atoms with van der Waals surface area (Å²) in [7, 11) is 0. The van der Waals surface area contributed by atoms with Gasteiger partial charge in [-0.2, -0.15) is 0 Å². The Morgan fingerprint density at radius 3 is 2.55 bits per heavy atom. The zero-order valence-electron chi connectivity index (χ0n) is 17.6. The number of carbonyl (C=O) groups excluding carboxylic acids is 3. The molecule has 0 aliphatic heterocycles. The smallest absolute Gasteiger partial charge is 0.338 e. The molecule has 1 aromatic heterocycles. The van der Waals surface area contributed by atoms with E-state index in [1.165, 1.54) is 17.8 Å². The number of nitrogens with one attached hydrogen (secondary N) is 3.